The third-order valence-electron chi connectivity index (χ3n) is 3.54. The first-order valence-electron chi connectivity index (χ1n) is 5.38. The predicted octanol–water partition coefficient (Wildman–Crippen LogP) is 0.878. The Morgan fingerprint density at radius 1 is 1.08 bits per heavy atom. The van der Waals surface area contributed by atoms with Gasteiger partial charge in [-0.1, -0.05) is 0 Å². The first-order valence-corrected chi connectivity index (χ1v) is 5.38. The molecular weight excluding hydrogens is 159 g/mol. The average Bonchev–Trinajstić information content (AvgIpc) is 2.02. The second-order valence-corrected chi connectivity index (χ2v) is 4.92. The van der Waals surface area contributed by atoms with Crippen LogP contribution in [0.1, 0.15) is 25.7 Å². The Hall–Kier alpha value is -0.0151. The van der Waals surface area contributed by atoms with E-state index >= 15 is 0 Å². The first-order chi connectivity index (χ1) is 6.20. The van der Waals surface area contributed by atoms with Gasteiger partial charge in [-0.15, -0.1) is 0 Å². The molecule has 1 unspecified atom stereocenters. The van der Waals surface area contributed by atoms with Gasteiger partial charge in [-0.25, -0.2) is 0 Å². The molecule has 2 aliphatic rings. The van der Waals surface area contributed by atoms with Gasteiger partial charge in [0, 0.05) is 6.54 Å². The smallest absolute Gasteiger partial charge is 0.182 e. The van der Waals surface area contributed by atoms with E-state index in [9.17, 15) is 0 Å². The van der Waals surface area contributed by atoms with Crippen molar-refractivity contribution < 1.29 is 0 Å². The van der Waals surface area contributed by atoms with Crippen molar-refractivity contribution in [2.24, 2.45) is 5.41 Å². The van der Waals surface area contributed by atoms with Gasteiger partial charge in [0.25, 0.3) is 0 Å². The summed E-state index contributed by atoms with van der Waals surface area (Å²) in [5.41, 5.74) is 0.528. The molecule has 0 amide bonds. The maximum atomic E-state index is 5.90. The highest BCUT2D eigenvalue weighted by atomic mass is 15.1. The number of hydrogen-bond donors (Lipinski definition) is 0. The molecule has 1 spiro atoms. The molecule has 2 radical (unpaired) electrons. The fraction of sp³-hybridized carbons (Fsp3) is 1.00. The minimum absolute atomic E-state index is 0.528. The van der Waals surface area contributed by atoms with E-state index in [1.54, 1.807) is 0 Å². The van der Waals surface area contributed by atoms with Crippen LogP contribution in [0.15, 0.2) is 0 Å². The van der Waals surface area contributed by atoms with E-state index in [1.165, 1.54) is 38.8 Å². The molecule has 0 aliphatic carbocycles. The van der Waals surface area contributed by atoms with E-state index in [4.69, 9.17) is 7.98 Å². The van der Waals surface area contributed by atoms with Crippen molar-refractivity contribution in [1.82, 2.24) is 9.71 Å². The second-order valence-electron chi connectivity index (χ2n) is 4.92. The number of likely N-dealkylation sites (tertiary alicyclic amines) is 1. The molecule has 2 saturated heterocycles. The van der Waals surface area contributed by atoms with Crippen molar-refractivity contribution in [2.45, 2.75) is 25.7 Å². The normalized spacial score (nSPS) is 38.2. The molecule has 0 aromatic heterocycles. The molecule has 3 heteroatoms. The molecule has 13 heavy (non-hydrogen) atoms. The third-order valence-corrected chi connectivity index (χ3v) is 3.54. The number of rotatable bonds is 0. The predicted molar refractivity (Wildman–Crippen MR) is 55.7 cm³/mol. The van der Waals surface area contributed by atoms with Crippen LogP contribution in [0.2, 0.25) is 0 Å². The summed E-state index contributed by atoms with van der Waals surface area (Å²) in [5.74, 6) is 0. The lowest BCUT2D eigenvalue weighted by atomic mass is 9.73. The largest absolute Gasteiger partial charge is 0.353 e. The maximum absolute atomic E-state index is 5.90. The monoisotopic (exact) mass is 178 g/mol. The highest BCUT2D eigenvalue weighted by molar-refractivity contribution is 6.04. The third kappa shape index (κ3) is 2.08. The molecule has 2 heterocycles. The van der Waals surface area contributed by atoms with Crippen LogP contribution in [-0.2, 0) is 0 Å². The van der Waals surface area contributed by atoms with Crippen molar-refractivity contribution in [3.05, 3.63) is 0 Å². The van der Waals surface area contributed by atoms with Crippen LogP contribution in [0.3, 0.4) is 0 Å². The lowest BCUT2D eigenvalue weighted by molar-refractivity contribution is 0.0534. The zero-order valence-electron chi connectivity index (χ0n) is 8.63. The van der Waals surface area contributed by atoms with Crippen LogP contribution in [0.5, 0.6) is 0 Å². The van der Waals surface area contributed by atoms with Crippen LogP contribution in [0.25, 0.3) is 0 Å². The zero-order valence-corrected chi connectivity index (χ0v) is 8.63. The van der Waals surface area contributed by atoms with E-state index in [1.807, 2.05) is 4.81 Å². The van der Waals surface area contributed by atoms with E-state index in [2.05, 4.69) is 11.9 Å². The van der Waals surface area contributed by atoms with Crippen LogP contribution in [-0.4, -0.2) is 50.9 Å². The quantitative estimate of drug-likeness (QED) is 0.508. The zero-order chi connectivity index (χ0) is 9.31. The van der Waals surface area contributed by atoms with Gasteiger partial charge in [0.1, 0.15) is 0 Å². The van der Waals surface area contributed by atoms with E-state index in [0.717, 1.165) is 13.1 Å². The van der Waals surface area contributed by atoms with Crippen molar-refractivity contribution in [3.63, 3.8) is 0 Å². The molecule has 0 aromatic carbocycles. The lowest BCUT2D eigenvalue weighted by Gasteiger charge is -2.47. The summed E-state index contributed by atoms with van der Waals surface area (Å²) >= 11 is 0. The standard InChI is InChI=1S/C10H19BN2/c1-12-6-2-4-10(8-12)5-3-7-13(11)9-10/h2-9H2,1H3. The average molecular weight is 178 g/mol. The van der Waals surface area contributed by atoms with E-state index in [0.29, 0.717) is 5.41 Å². The van der Waals surface area contributed by atoms with Crippen LogP contribution >= 0.6 is 0 Å². The van der Waals surface area contributed by atoms with Gasteiger partial charge in [0.05, 0.1) is 0 Å². The molecule has 0 saturated carbocycles. The van der Waals surface area contributed by atoms with Gasteiger partial charge in [-0.3, -0.25) is 0 Å². The summed E-state index contributed by atoms with van der Waals surface area (Å²) in [6, 6.07) is 0. The summed E-state index contributed by atoms with van der Waals surface area (Å²) in [6.07, 6.45) is 5.39. The van der Waals surface area contributed by atoms with Crippen molar-refractivity contribution in [1.29, 1.82) is 0 Å². The Morgan fingerprint density at radius 2 is 1.77 bits per heavy atom. The molecule has 1 atom stereocenters. The van der Waals surface area contributed by atoms with Crippen molar-refractivity contribution >= 4 is 7.98 Å². The molecule has 0 aromatic rings. The topological polar surface area (TPSA) is 6.48 Å². The summed E-state index contributed by atoms with van der Waals surface area (Å²) in [7, 11) is 8.13. The fourth-order valence-corrected chi connectivity index (χ4v) is 3.03. The fourth-order valence-electron chi connectivity index (χ4n) is 3.03. The highest BCUT2D eigenvalue weighted by Crippen LogP contribution is 2.37. The number of nitrogens with zero attached hydrogens (tertiary/aromatic N) is 2. The molecule has 2 aliphatic heterocycles. The van der Waals surface area contributed by atoms with Crippen LogP contribution < -0.4 is 0 Å². The minimum Gasteiger partial charge on any atom is -0.353 e. The number of hydrogen-bond acceptors (Lipinski definition) is 2. The summed E-state index contributed by atoms with van der Waals surface area (Å²) in [4.78, 5) is 4.48. The van der Waals surface area contributed by atoms with Gasteiger partial charge in [-0.2, -0.15) is 0 Å². The molecular formula is C10H19BN2. The Morgan fingerprint density at radius 3 is 2.38 bits per heavy atom. The molecule has 2 rings (SSSR count). The molecule has 0 bridgehead atoms. The SMILES string of the molecule is [B]N1CCCC2(CCCN(C)C2)C1. The highest BCUT2D eigenvalue weighted by Gasteiger charge is 2.36. The molecule has 72 valence electrons. The van der Waals surface area contributed by atoms with Gasteiger partial charge < -0.3 is 9.71 Å². The van der Waals surface area contributed by atoms with Gasteiger partial charge in [-0.05, 0) is 57.8 Å². The van der Waals surface area contributed by atoms with Crippen molar-refractivity contribution in [2.75, 3.05) is 33.2 Å². The van der Waals surface area contributed by atoms with Crippen molar-refractivity contribution in [3.8, 4) is 0 Å². The summed E-state index contributed by atoms with van der Waals surface area (Å²) < 4.78 is 0. The number of piperidine rings is 2. The van der Waals surface area contributed by atoms with E-state index in [-0.39, 0.29) is 0 Å². The minimum atomic E-state index is 0.528. The Bertz CT molecular complexity index is 164. The van der Waals surface area contributed by atoms with Gasteiger partial charge >= 0.3 is 0 Å². The molecule has 2 fully saturated rings. The summed E-state index contributed by atoms with van der Waals surface area (Å²) in [6.45, 7) is 4.72. The first kappa shape index (κ1) is 9.54. The Labute approximate surface area is 82.7 Å². The van der Waals surface area contributed by atoms with Gasteiger partial charge in [0.15, 0.2) is 7.98 Å². The lowest BCUT2D eigenvalue weighted by Crippen LogP contribution is -2.50. The molecule has 2 nitrogen and oxygen atoms in total. The Balaban J connectivity index is 2.00. The summed E-state index contributed by atoms with van der Waals surface area (Å²) in [5, 5.41) is 0. The van der Waals surface area contributed by atoms with Gasteiger partial charge in [0.2, 0.25) is 0 Å². The van der Waals surface area contributed by atoms with Crippen LogP contribution in [0.4, 0.5) is 0 Å². The maximum Gasteiger partial charge on any atom is 0.182 e. The van der Waals surface area contributed by atoms with Crippen LogP contribution in [0, 0.1) is 5.41 Å². The van der Waals surface area contributed by atoms with E-state index < -0.39 is 0 Å². The molecule has 0 N–H and O–H groups in total. The second kappa shape index (κ2) is 3.62. The Kier molecular flexibility index (Phi) is 2.66.